The zero-order valence-corrected chi connectivity index (χ0v) is 14.1. The lowest BCUT2D eigenvalue weighted by Crippen LogP contribution is -2.23. The summed E-state index contributed by atoms with van der Waals surface area (Å²) in [6, 6.07) is 0. The van der Waals surface area contributed by atoms with Crippen LogP contribution in [-0.2, 0) is 0 Å². The molecule has 0 radical (unpaired) electrons. The van der Waals surface area contributed by atoms with Crippen molar-refractivity contribution in [3.8, 4) is 0 Å². The molecule has 0 aromatic rings. The predicted octanol–water partition coefficient (Wildman–Crippen LogP) is 6.70. The van der Waals surface area contributed by atoms with E-state index in [1.54, 1.807) is 0 Å². The first-order valence-corrected chi connectivity index (χ1v) is 9.25. The van der Waals surface area contributed by atoms with E-state index in [4.69, 9.17) is 0 Å². The molecular weight excluding hydrogens is 252 g/mol. The largest absolute Gasteiger partial charge is 0.0877 e. The van der Waals surface area contributed by atoms with E-state index in [0.29, 0.717) is 0 Å². The lowest BCUT2D eigenvalue weighted by atomic mass is 9.71. The van der Waals surface area contributed by atoms with Gasteiger partial charge in [-0.3, -0.25) is 0 Å². The van der Waals surface area contributed by atoms with Crippen LogP contribution in [0.15, 0.2) is 36.5 Å². The van der Waals surface area contributed by atoms with E-state index in [0.717, 1.165) is 23.7 Å². The first-order valence-electron chi connectivity index (χ1n) is 9.25. The SMILES string of the molecule is C\C=C/C=C\C=C\C1CCC(CCCC2CCC2C)CC1. The highest BCUT2D eigenvalue weighted by Gasteiger charge is 2.26. The smallest absolute Gasteiger partial charge is 0.0230 e. The second-order valence-corrected chi connectivity index (χ2v) is 7.32. The fraction of sp³-hybridized carbons (Fsp3) is 0.714. The van der Waals surface area contributed by atoms with Gasteiger partial charge in [0, 0.05) is 0 Å². The van der Waals surface area contributed by atoms with Gasteiger partial charge in [0.25, 0.3) is 0 Å². The predicted molar refractivity (Wildman–Crippen MR) is 94.3 cm³/mol. The zero-order valence-electron chi connectivity index (χ0n) is 14.1. The van der Waals surface area contributed by atoms with Gasteiger partial charge in [0.2, 0.25) is 0 Å². The van der Waals surface area contributed by atoms with Gasteiger partial charge < -0.3 is 0 Å². The van der Waals surface area contributed by atoms with Crippen LogP contribution in [0, 0.1) is 23.7 Å². The summed E-state index contributed by atoms with van der Waals surface area (Å²) in [5, 5.41) is 0. The zero-order chi connectivity index (χ0) is 14.9. The van der Waals surface area contributed by atoms with Crippen molar-refractivity contribution in [3.05, 3.63) is 36.5 Å². The molecule has 0 heteroatoms. The number of hydrogen-bond acceptors (Lipinski definition) is 0. The molecule has 2 fully saturated rings. The van der Waals surface area contributed by atoms with Gasteiger partial charge in [-0.05, 0) is 62.7 Å². The average molecular weight is 287 g/mol. The van der Waals surface area contributed by atoms with Gasteiger partial charge in [-0.25, -0.2) is 0 Å². The normalized spacial score (nSPS) is 34.0. The summed E-state index contributed by atoms with van der Waals surface area (Å²) in [6.07, 6.45) is 26.4. The standard InChI is InChI=1S/C21H34/c1-3-4-5-6-7-9-19-13-15-20(16-14-19)10-8-11-21-17-12-18(21)2/h3-7,9,18-21H,8,10-17H2,1-2H3/b4-3-,6-5-,9-7+. The van der Waals surface area contributed by atoms with E-state index < -0.39 is 0 Å². The molecule has 0 heterocycles. The Bertz CT molecular complexity index is 352. The average Bonchev–Trinajstić information content (AvgIpc) is 2.51. The summed E-state index contributed by atoms with van der Waals surface area (Å²) in [4.78, 5) is 0. The van der Waals surface area contributed by atoms with Crippen LogP contribution >= 0.6 is 0 Å². The molecule has 2 unspecified atom stereocenters. The molecule has 0 bridgehead atoms. The van der Waals surface area contributed by atoms with Gasteiger partial charge in [-0.15, -0.1) is 0 Å². The number of hydrogen-bond donors (Lipinski definition) is 0. The van der Waals surface area contributed by atoms with E-state index >= 15 is 0 Å². The third-order valence-electron chi connectivity index (χ3n) is 5.79. The van der Waals surface area contributed by atoms with Crippen LogP contribution in [0.3, 0.4) is 0 Å². The molecule has 0 aromatic heterocycles. The number of rotatable bonds is 7. The lowest BCUT2D eigenvalue weighted by Gasteiger charge is -2.34. The van der Waals surface area contributed by atoms with Crippen molar-refractivity contribution < 1.29 is 0 Å². The van der Waals surface area contributed by atoms with Crippen LogP contribution in [0.1, 0.15) is 71.6 Å². The summed E-state index contributed by atoms with van der Waals surface area (Å²) >= 11 is 0. The molecule has 0 aliphatic heterocycles. The Balaban J connectivity index is 1.55. The van der Waals surface area contributed by atoms with Crippen molar-refractivity contribution in [2.75, 3.05) is 0 Å². The maximum atomic E-state index is 2.44. The van der Waals surface area contributed by atoms with Crippen molar-refractivity contribution >= 4 is 0 Å². The molecule has 0 N–H and O–H groups in total. The third-order valence-corrected chi connectivity index (χ3v) is 5.79. The highest BCUT2D eigenvalue weighted by Crippen LogP contribution is 2.39. The van der Waals surface area contributed by atoms with Crippen LogP contribution in [0.25, 0.3) is 0 Å². The fourth-order valence-electron chi connectivity index (χ4n) is 3.96. The van der Waals surface area contributed by atoms with E-state index in [1.807, 2.05) is 0 Å². The summed E-state index contributed by atoms with van der Waals surface area (Å²) in [6.45, 7) is 4.50. The van der Waals surface area contributed by atoms with E-state index in [-0.39, 0.29) is 0 Å². The third kappa shape index (κ3) is 5.85. The van der Waals surface area contributed by atoms with Gasteiger partial charge in [-0.1, -0.05) is 69.1 Å². The molecule has 118 valence electrons. The van der Waals surface area contributed by atoms with Crippen molar-refractivity contribution in [1.29, 1.82) is 0 Å². The summed E-state index contributed by atoms with van der Waals surface area (Å²) < 4.78 is 0. The van der Waals surface area contributed by atoms with Crippen LogP contribution in [0.4, 0.5) is 0 Å². The van der Waals surface area contributed by atoms with E-state index in [9.17, 15) is 0 Å². The van der Waals surface area contributed by atoms with Gasteiger partial charge in [0.15, 0.2) is 0 Å². The first kappa shape index (κ1) is 16.6. The van der Waals surface area contributed by atoms with Crippen molar-refractivity contribution in [3.63, 3.8) is 0 Å². The number of allylic oxidation sites excluding steroid dienone is 6. The van der Waals surface area contributed by atoms with Crippen LogP contribution < -0.4 is 0 Å². The molecule has 0 spiro atoms. The van der Waals surface area contributed by atoms with Gasteiger partial charge >= 0.3 is 0 Å². The molecular formula is C21H34. The van der Waals surface area contributed by atoms with Crippen LogP contribution in [0.2, 0.25) is 0 Å². The minimum absolute atomic E-state index is 0.836. The summed E-state index contributed by atoms with van der Waals surface area (Å²) in [5.41, 5.74) is 0. The van der Waals surface area contributed by atoms with Gasteiger partial charge in [0.1, 0.15) is 0 Å². The lowest BCUT2D eigenvalue weighted by molar-refractivity contribution is 0.172. The highest BCUT2D eigenvalue weighted by molar-refractivity contribution is 5.11. The Morgan fingerprint density at radius 1 is 0.810 bits per heavy atom. The monoisotopic (exact) mass is 286 g/mol. The Labute approximate surface area is 132 Å². The highest BCUT2D eigenvalue weighted by atomic mass is 14.3. The van der Waals surface area contributed by atoms with Crippen LogP contribution in [-0.4, -0.2) is 0 Å². The molecule has 2 aliphatic carbocycles. The quantitative estimate of drug-likeness (QED) is 0.457. The molecule has 0 nitrogen and oxygen atoms in total. The van der Waals surface area contributed by atoms with E-state index in [2.05, 4.69) is 50.3 Å². The van der Waals surface area contributed by atoms with E-state index in [1.165, 1.54) is 57.8 Å². The molecule has 2 saturated carbocycles. The summed E-state index contributed by atoms with van der Waals surface area (Å²) in [5.74, 6) is 3.97. The van der Waals surface area contributed by atoms with Crippen LogP contribution in [0.5, 0.6) is 0 Å². The molecule has 0 aromatic carbocycles. The maximum absolute atomic E-state index is 2.44. The second kappa shape index (κ2) is 9.28. The first-order chi connectivity index (χ1) is 10.3. The second-order valence-electron chi connectivity index (χ2n) is 7.32. The molecule has 0 saturated heterocycles. The molecule has 21 heavy (non-hydrogen) atoms. The molecule has 2 rings (SSSR count). The van der Waals surface area contributed by atoms with Crippen molar-refractivity contribution in [1.82, 2.24) is 0 Å². The van der Waals surface area contributed by atoms with Crippen molar-refractivity contribution in [2.24, 2.45) is 23.7 Å². The molecule has 0 amide bonds. The minimum atomic E-state index is 0.836. The van der Waals surface area contributed by atoms with Crippen molar-refractivity contribution in [2.45, 2.75) is 71.6 Å². The molecule has 2 atom stereocenters. The summed E-state index contributed by atoms with van der Waals surface area (Å²) in [7, 11) is 0. The minimum Gasteiger partial charge on any atom is -0.0877 e. The Hall–Kier alpha value is -0.780. The maximum Gasteiger partial charge on any atom is -0.0230 e. The Morgan fingerprint density at radius 3 is 2.19 bits per heavy atom. The Morgan fingerprint density at radius 2 is 1.57 bits per heavy atom. The fourth-order valence-corrected chi connectivity index (χ4v) is 3.96. The van der Waals surface area contributed by atoms with Gasteiger partial charge in [0.05, 0.1) is 0 Å². The van der Waals surface area contributed by atoms with Gasteiger partial charge in [-0.2, -0.15) is 0 Å². The Kier molecular flexibility index (Phi) is 7.33. The topological polar surface area (TPSA) is 0 Å². The molecule has 2 aliphatic rings.